The molecular weight excluding hydrogens is 308 g/mol. The summed E-state index contributed by atoms with van der Waals surface area (Å²) in [6.07, 6.45) is 4.19. The minimum Gasteiger partial charge on any atom is -0.357 e. The molecule has 2 aromatic rings. The summed E-state index contributed by atoms with van der Waals surface area (Å²) >= 11 is 0. The van der Waals surface area contributed by atoms with Crippen molar-refractivity contribution in [3.05, 3.63) is 58.3 Å². The molecule has 0 bridgehead atoms. The number of carbonyl (C=O) groups is 1. The minimum atomic E-state index is -0.461. The largest absolute Gasteiger partial charge is 0.357 e. The second-order valence-electron chi connectivity index (χ2n) is 5.75. The highest BCUT2D eigenvalue weighted by molar-refractivity contribution is 5.92. The molecule has 3 rings (SSSR count). The molecule has 1 N–H and O–H groups in total. The van der Waals surface area contributed by atoms with E-state index in [4.69, 9.17) is 0 Å². The molecule has 1 aromatic heterocycles. The van der Waals surface area contributed by atoms with E-state index in [9.17, 15) is 14.9 Å². The average molecular weight is 326 g/mol. The van der Waals surface area contributed by atoms with Crippen molar-refractivity contribution in [1.29, 1.82) is 0 Å². The van der Waals surface area contributed by atoms with Gasteiger partial charge in [0.05, 0.1) is 23.2 Å². The maximum atomic E-state index is 12.1. The predicted molar refractivity (Wildman–Crippen MR) is 91.1 cm³/mol. The Labute approximate surface area is 139 Å². The van der Waals surface area contributed by atoms with Crippen LogP contribution in [0.4, 0.5) is 17.2 Å². The molecule has 1 aliphatic rings. The Kier molecular flexibility index (Phi) is 4.69. The van der Waals surface area contributed by atoms with E-state index >= 15 is 0 Å². The lowest BCUT2D eigenvalue weighted by Crippen LogP contribution is -2.19. The first kappa shape index (κ1) is 15.9. The Hall–Kier alpha value is -2.96. The molecule has 0 aliphatic carbocycles. The molecule has 1 amide bonds. The molecule has 1 aliphatic heterocycles. The Morgan fingerprint density at radius 3 is 2.46 bits per heavy atom. The quantitative estimate of drug-likeness (QED) is 0.674. The number of nitrogens with one attached hydrogen (secondary N) is 1. The number of hydrogen-bond donors (Lipinski definition) is 1. The van der Waals surface area contributed by atoms with Crippen molar-refractivity contribution in [2.24, 2.45) is 0 Å². The second kappa shape index (κ2) is 7.08. The van der Waals surface area contributed by atoms with Gasteiger partial charge in [-0.3, -0.25) is 14.9 Å². The topological polar surface area (TPSA) is 88.4 Å². The smallest absolute Gasteiger partial charge is 0.269 e. The number of anilines is 2. The molecule has 124 valence electrons. The lowest BCUT2D eigenvalue weighted by atomic mass is 10.1. The first-order valence-corrected chi connectivity index (χ1v) is 7.86. The standard InChI is InChI=1S/C17H18N4O3/c22-17(11-13-3-6-15(7-4-13)21(23)24)19-14-5-8-16(18-12-14)20-9-1-2-10-20/h3-8,12H,1-2,9-11H2,(H,19,22). The first-order chi connectivity index (χ1) is 11.6. The number of amides is 1. The molecule has 1 fully saturated rings. The van der Waals surface area contributed by atoms with Crippen LogP contribution in [0.5, 0.6) is 0 Å². The van der Waals surface area contributed by atoms with E-state index in [1.54, 1.807) is 18.3 Å². The zero-order chi connectivity index (χ0) is 16.9. The van der Waals surface area contributed by atoms with Crippen molar-refractivity contribution in [2.75, 3.05) is 23.3 Å². The van der Waals surface area contributed by atoms with Gasteiger partial charge in [-0.15, -0.1) is 0 Å². The molecule has 0 spiro atoms. The molecule has 1 saturated heterocycles. The normalized spacial score (nSPS) is 13.8. The van der Waals surface area contributed by atoms with Gasteiger partial charge in [-0.1, -0.05) is 12.1 Å². The van der Waals surface area contributed by atoms with Gasteiger partial charge in [0.2, 0.25) is 5.91 Å². The van der Waals surface area contributed by atoms with E-state index in [0.717, 1.165) is 24.5 Å². The molecule has 0 atom stereocenters. The van der Waals surface area contributed by atoms with Crippen LogP contribution in [0, 0.1) is 10.1 Å². The number of hydrogen-bond acceptors (Lipinski definition) is 5. The van der Waals surface area contributed by atoms with E-state index in [1.807, 2.05) is 12.1 Å². The molecule has 0 unspecified atom stereocenters. The monoisotopic (exact) mass is 326 g/mol. The second-order valence-corrected chi connectivity index (χ2v) is 5.75. The first-order valence-electron chi connectivity index (χ1n) is 7.86. The van der Waals surface area contributed by atoms with E-state index in [1.165, 1.54) is 25.0 Å². The molecule has 0 saturated carbocycles. The van der Waals surface area contributed by atoms with E-state index in [-0.39, 0.29) is 18.0 Å². The van der Waals surface area contributed by atoms with Gasteiger partial charge in [0.15, 0.2) is 0 Å². The van der Waals surface area contributed by atoms with E-state index in [0.29, 0.717) is 5.69 Å². The van der Waals surface area contributed by atoms with Crippen LogP contribution in [0.1, 0.15) is 18.4 Å². The van der Waals surface area contributed by atoms with Crippen LogP contribution < -0.4 is 10.2 Å². The van der Waals surface area contributed by atoms with Crippen molar-refractivity contribution < 1.29 is 9.72 Å². The van der Waals surface area contributed by atoms with Gasteiger partial charge in [-0.2, -0.15) is 0 Å². The van der Waals surface area contributed by atoms with Crippen LogP contribution in [0.15, 0.2) is 42.6 Å². The third-order valence-corrected chi connectivity index (χ3v) is 3.97. The zero-order valence-corrected chi connectivity index (χ0v) is 13.1. The van der Waals surface area contributed by atoms with Gasteiger partial charge in [0, 0.05) is 25.2 Å². The summed E-state index contributed by atoms with van der Waals surface area (Å²) < 4.78 is 0. The summed E-state index contributed by atoms with van der Waals surface area (Å²) in [5, 5.41) is 13.4. The van der Waals surface area contributed by atoms with Crippen LogP contribution in [0.25, 0.3) is 0 Å². The maximum absolute atomic E-state index is 12.1. The highest BCUT2D eigenvalue weighted by Crippen LogP contribution is 2.19. The summed E-state index contributed by atoms with van der Waals surface area (Å²) in [4.78, 5) is 28.8. The van der Waals surface area contributed by atoms with Crippen LogP contribution in [0.2, 0.25) is 0 Å². The number of benzene rings is 1. The van der Waals surface area contributed by atoms with Crippen LogP contribution in [-0.2, 0) is 11.2 Å². The van der Waals surface area contributed by atoms with Crippen LogP contribution >= 0.6 is 0 Å². The average Bonchev–Trinajstić information content (AvgIpc) is 3.10. The van der Waals surface area contributed by atoms with Gasteiger partial charge in [0.25, 0.3) is 5.69 Å². The molecule has 1 aromatic carbocycles. The summed E-state index contributed by atoms with van der Waals surface area (Å²) in [5.41, 5.74) is 1.38. The number of nitro groups is 1. The fourth-order valence-electron chi connectivity index (χ4n) is 2.72. The van der Waals surface area contributed by atoms with Gasteiger partial charge in [0.1, 0.15) is 5.82 Å². The van der Waals surface area contributed by atoms with Crippen LogP contribution in [-0.4, -0.2) is 28.9 Å². The van der Waals surface area contributed by atoms with E-state index < -0.39 is 4.92 Å². The molecular formula is C17H18N4O3. The number of nitro benzene ring substituents is 1. The number of carbonyl (C=O) groups excluding carboxylic acids is 1. The number of nitrogens with zero attached hydrogens (tertiary/aromatic N) is 3. The molecule has 24 heavy (non-hydrogen) atoms. The highest BCUT2D eigenvalue weighted by Gasteiger charge is 2.13. The summed E-state index contributed by atoms with van der Waals surface area (Å²) in [5.74, 6) is 0.750. The van der Waals surface area contributed by atoms with Gasteiger partial charge in [-0.05, 0) is 30.5 Å². The molecule has 2 heterocycles. The van der Waals surface area contributed by atoms with E-state index in [2.05, 4.69) is 15.2 Å². The Morgan fingerprint density at radius 2 is 1.88 bits per heavy atom. The summed E-state index contributed by atoms with van der Waals surface area (Å²) in [6, 6.07) is 9.73. The Bertz CT molecular complexity index is 723. The molecule has 7 nitrogen and oxygen atoms in total. The predicted octanol–water partition coefficient (Wildman–Crippen LogP) is 2.77. The molecule has 0 radical (unpaired) electrons. The number of aromatic nitrogens is 1. The lowest BCUT2D eigenvalue weighted by Gasteiger charge is -2.16. The Morgan fingerprint density at radius 1 is 1.17 bits per heavy atom. The lowest BCUT2D eigenvalue weighted by molar-refractivity contribution is -0.384. The summed E-state index contributed by atoms with van der Waals surface area (Å²) in [7, 11) is 0. The van der Waals surface area contributed by atoms with Crippen molar-refractivity contribution in [1.82, 2.24) is 4.98 Å². The fourth-order valence-corrected chi connectivity index (χ4v) is 2.72. The summed E-state index contributed by atoms with van der Waals surface area (Å²) in [6.45, 7) is 2.05. The number of pyridine rings is 1. The molecule has 7 heteroatoms. The van der Waals surface area contributed by atoms with Gasteiger partial charge < -0.3 is 10.2 Å². The van der Waals surface area contributed by atoms with Crippen molar-refractivity contribution in [3.63, 3.8) is 0 Å². The van der Waals surface area contributed by atoms with Gasteiger partial charge in [-0.25, -0.2) is 4.98 Å². The van der Waals surface area contributed by atoms with Crippen molar-refractivity contribution in [2.45, 2.75) is 19.3 Å². The SMILES string of the molecule is O=C(Cc1ccc([N+](=O)[O-])cc1)Nc1ccc(N2CCCC2)nc1. The Balaban J connectivity index is 1.57. The van der Waals surface area contributed by atoms with Gasteiger partial charge >= 0.3 is 0 Å². The van der Waals surface area contributed by atoms with Crippen LogP contribution in [0.3, 0.4) is 0 Å². The number of non-ortho nitro benzene ring substituents is 1. The minimum absolute atomic E-state index is 0.0147. The van der Waals surface area contributed by atoms with Crippen molar-refractivity contribution >= 4 is 23.1 Å². The third kappa shape index (κ3) is 3.87. The highest BCUT2D eigenvalue weighted by atomic mass is 16.6. The zero-order valence-electron chi connectivity index (χ0n) is 13.1. The fraction of sp³-hybridized carbons (Fsp3) is 0.294. The van der Waals surface area contributed by atoms with Crippen molar-refractivity contribution in [3.8, 4) is 0 Å². The third-order valence-electron chi connectivity index (χ3n) is 3.97. The number of rotatable bonds is 5. The maximum Gasteiger partial charge on any atom is 0.269 e.